The number of carbonyl (C=O) groups excluding carboxylic acids is 1. The minimum Gasteiger partial charge on any atom is -0.365 e. The van der Waals surface area contributed by atoms with E-state index >= 15 is 0 Å². The van der Waals surface area contributed by atoms with Crippen molar-refractivity contribution in [3.8, 4) is 0 Å². The molecular weight excluding hydrogens is 310 g/mol. The smallest absolute Gasteiger partial charge is 0.259 e. The average molecular weight is 324 g/mol. The van der Waals surface area contributed by atoms with Gasteiger partial charge in [0.25, 0.3) is 5.91 Å². The molecule has 4 heteroatoms. The first-order chi connectivity index (χ1) is 8.66. The molecule has 2 N–H and O–H groups in total. The first kappa shape index (κ1) is 12.2. The predicted molar refractivity (Wildman–Crippen MR) is 79.3 cm³/mol. The van der Waals surface area contributed by atoms with Crippen molar-refractivity contribution >= 4 is 43.3 Å². The molecule has 0 spiro atoms. The first-order valence-electron chi connectivity index (χ1n) is 6.18. The van der Waals surface area contributed by atoms with Crippen LogP contribution in [0.25, 0.3) is 10.1 Å². The molecule has 1 aliphatic rings. The van der Waals surface area contributed by atoms with Gasteiger partial charge in [-0.15, -0.1) is 11.3 Å². The summed E-state index contributed by atoms with van der Waals surface area (Å²) in [4.78, 5) is 12.4. The van der Waals surface area contributed by atoms with E-state index in [1.54, 1.807) is 0 Å². The maximum absolute atomic E-state index is 11.7. The Morgan fingerprint density at radius 3 is 2.72 bits per heavy atom. The quantitative estimate of drug-likeness (QED) is 0.873. The van der Waals surface area contributed by atoms with Crippen LogP contribution in [0, 0.1) is 0 Å². The molecule has 1 aliphatic carbocycles. The Hall–Kier alpha value is -0.870. The molecule has 0 atom stereocenters. The molecule has 3 rings (SSSR count). The van der Waals surface area contributed by atoms with Crippen LogP contribution in [-0.4, -0.2) is 5.91 Å². The molecule has 1 aromatic carbocycles. The number of primary amides is 1. The van der Waals surface area contributed by atoms with Crippen LogP contribution in [0.1, 0.15) is 46.8 Å². The fourth-order valence-corrected chi connectivity index (χ4v) is 4.59. The van der Waals surface area contributed by atoms with Crippen molar-refractivity contribution in [2.45, 2.75) is 31.6 Å². The van der Waals surface area contributed by atoms with E-state index in [4.69, 9.17) is 5.73 Å². The monoisotopic (exact) mass is 323 g/mol. The molecule has 1 saturated carbocycles. The van der Waals surface area contributed by atoms with Crippen molar-refractivity contribution in [3.63, 3.8) is 0 Å². The van der Waals surface area contributed by atoms with Crippen LogP contribution in [-0.2, 0) is 0 Å². The van der Waals surface area contributed by atoms with E-state index < -0.39 is 0 Å². The van der Waals surface area contributed by atoms with Crippen LogP contribution in [0.5, 0.6) is 0 Å². The zero-order valence-electron chi connectivity index (χ0n) is 9.91. The number of fused-ring (bicyclic) bond motifs is 1. The standard InChI is InChI=1S/C14H14BrNOS/c15-9-5-6-10-11(7-9)18-13(14(16)17)12(10)8-3-1-2-4-8/h5-8H,1-4H2,(H2,16,17). The Balaban J connectivity index is 2.24. The zero-order chi connectivity index (χ0) is 12.7. The Morgan fingerprint density at radius 1 is 1.33 bits per heavy atom. The van der Waals surface area contributed by atoms with E-state index in [9.17, 15) is 4.79 Å². The molecule has 2 aromatic rings. The van der Waals surface area contributed by atoms with Crippen molar-refractivity contribution < 1.29 is 4.79 Å². The molecule has 18 heavy (non-hydrogen) atoms. The van der Waals surface area contributed by atoms with Crippen molar-refractivity contribution in [1.29, 1.82) is 0 Å². The molecule has 1 amide bonds. The van der Waals surface area contributed by atoms with Gasteiger partial charge in [0.15, 0.2) is 0 Å². The normalized spacial score (nSPS) is 16.5. The minimum atomic E-state index is -0.283. The molecule has 0 aliphatic heterocycles. The lowest BCUT2D eigenvalue weighted by Gasteiger charge is -2.10. The fourth-order valence-electron chi connectivity index (χ4n) is 2.89. The van der Waals surface area contributed by atoms with Gasteiger partial charge in [0.05, 0.1) is 4.88 Å². The molecule has 2 nitrogen and oxygen atoms in total. The van der Waals surface area contributed by atoms with Gasteiger partial charge < -0.3 is 5.73 Å². The van der Waals surface area contributed by atoms with E-state index in [1.807, 2.05) is 6.07 Å². The van der Waals surface area contributed by atoms with Crippen molar-refractivity contribution in [2.24, 2.45) is 5.73 Å². The number of carbonyl (C=O) groups is 1. The summed E-state index contributed by atoms with van der Waals surface area (Å²) >= 11 is 5.01. The highest BCUT2D eigenvalue weighted by Crippen LogP contribution is 2.43. The summed E-state index contributed by atoms with van der Waals surface area (Å²) in [7, 11) is 0. The van der Waals surface area contributed by atoms with Gasteiger partial charge in [0.1, 0.15) is 0 Å². The maximum Gasteiger partial charge on any atom is 0.259 e. The van der Waals surface area contributed by atoms with Crippen molar-refractivity contribution in [2.75, 3.05) is 0 Å². The fraction of sp³-hybridized carbons (Fsp3) is 0.357. The third kappa shape index (κ3) is 1.97. The summed E-state index contributed by atoms with van der Waals surface area (Å²) in [5, 5.41) is 1.21. The van der Waals surface area contributed by atoms with E-state index in [-0.39, 0.29) is 5.91 Å². The molecule has 0 unspecified atom stereocenters. The number of halogens is 1. The summed E-state index contributed by atoms with van der Waals surface area (Å²) in [5.74, 6) is 0.233. The third-order valence-electron chi connectivity index (χ3n) is 3.68. The number of thiophene rings is 1. The highest BCUT2D eigenvalue weighted by molar-refractivity contribution is 9.10. The number of amides is 1. The molecule has 0 bridgehead atoms. The van der Waals surface area contributed by atoms with Gasteiger partial charge in [0.2, 0.25) is 0 Å². The molecule has 1 heterocycles. The van der Waals surface area contributed by atoms with Crippen LogP contribution >= 0.6 is 27.3 Å². The molecule has 1 aromatic heterocycles. The van der Waals surface area contributed by atoms with E-state index in [0.29, 0.717) is 5.92 Å². The van der Waals surface area contributed by atoms with E-state index in [0.717, 1.165) is 14.0 Å². The molecule has 0 radical (unpaired) electrons. The number of hydrogen-bond acceptors (Lipinski definition) is 2. The van der Waals surface area contributed by atoms with Crippen LogP contribution in [0.15, 0.2) is 22.7 Å². The number of hydrogen-bond donors (Lipinski definition) is 1. The minimum absolute atomic E-state index is 0.283. The third-order valence-corrected chi connectivity index (χ3v) is 5.35. The summed E-state index contributed by atoms with van der Waals surface area (Å²) in [6.45, 7) is 0. The molecule has 0 saturated heterocycles. The number of benzene rings is 1. The lowest BCUT2D eigenvalue weighted by atomic mass is 9.94. The second kappa shape index (κ2) is 4.67. The summed E-state index contributed by atoms with van der Waals surface area (Å²) in [5.41, 5.74) is 6.75. The maximum atomic E-state index is 11.7. The zero-order valence-corrected chi connectivity index (χ0v) is 12.3. The largest absolute Gasteiger partial charge is 0.365 e. The van der Waals surface area contributed by atoms with Gasteiger partial charge in [-0.25, -0.2) is 0 Å². The van der Waals surface area contributed by atoms with Gasteiger partial charge in [0, 0.05) is 9.17 Å². The molecule has 94 valence electrons. The van der Waals surface area contributed by atoms with Gasteiger partial charge in [-0.2, -0.15) is 0 Å². The highest BCUT2D eigenvalue weighted by Gasteiger charge is 2.26. The van der Waals surface area contributed by atoms with Gasteiger partial charge in [-0.1, -0.05) is 34.8 Å². The average Bonchev–Trinajstić information content (AvgIpc) is 2.92. The van der Waals surface area contributed by atoms with Crippen LogP contribution in [0.3, 0.4) is 0 Å². The Morgan fingerprint density at radius 2 is 2.06 bits per heavy atom. The van der Waals surface area contributed by atoms with Crippen LogP contribution in [0.4, 0.5) is 0 Å². The Kier molecular flexibility index (Phi) is 3.16. The summed E-state index contributed by atoms with van der Waals surface area (Å²) < 4.78 is 2.20. The van der Waals surface area contributed by atoms with Gasteiger partial charge >= 0.3 is 0 Å². The van der Waals surface area contributed by atoms with Crippen molar-refractivity contribution in [1.82, 2.24) is 0 Å². The highest BCUT2D eigenvalue weighted by atomic mass is 79.9. The van der Waals surface area contributed by atoms with E-state index in [1.165, 1.54) is 48.0 Å². The summed E-state index contributed by atoms with van der Waals surface area (Å²) in [6.07, 6.45) is 4.89. The second-order valence-corrected chi connectivity index (χ2v) is 6.80. The second-order valence-electron chi connectivity index (χ2n) is 4.83. The molecular formula is C14H14BrNOS. The van der Waals surface area contributed by atoms with Gasteiger partial charge in [-0.3, -0.25) is 4.79 Å². The molecule has 1 fully saturated rings. The lowest BCUT2D eigenvalue weighted by molar-refractivity contribution is 0.100. The van der Waals surface area contributed by atoms with Crippen LogP contribution in [0.2, 0.25) is 0 Å². The predicted octanol–water partition coefficient (Wildman–Crippen LogP) is 4.42. The Bertz CT molecular complexity index is 614. The van der Waals surface area contributed by atoms with Crippen LogP contribution < -0.4 is 5.73 Å². The number of nitrogens with two attached hydrogens (primary N) is 1. The first-order valence-corrected chi connectivity index (χ1v) is 7.79. The lowest BCUT2D eigenvalue weighted by Crippen LogP contribution is -2.12. The Labute approximate surface area is 118 Å². The number of rotatable bonds is 2. The van der Waals surface area contributed by atoms with E-state index in [2.05, 4.69) is 28.1 Å². The van der Waals surface area contributed by atoms with Crippen molar-refractivity contribution in [3.05, 3.63) is 33.1 Å². The SMILES string of the molecule is NC(=O)c1sc2cc(Br)ccc2c1C1CCCC1. The van der Waals surface area contributed by atoms with Gasteiger partial charge in [-0.05, 0) is 41.8 Å². The topological polar surface area (TPSA) is 43.1 Å². The summed E-state index contributed by atoms with van der Waals surface area (Å²) in [6, 6.07) is 6.22.